The summed E-state index contributed by atoms with van der Waals surface area (Å²) in [6, 6.07) is 6.39. The maximum atomic E-state index is 12.1. The fraction of sp³-hybridized carbons (Fsp3) is 0.143. The molecular formula is C14H14BrN3O2. The molecule has 1 heterocycles. The zero-order chi connectivity index (χ0) is 14.9. The molecular weight excluding hydrogens is 322 g/mol. The number of aryl methyl sites for hydroxylation is 2. The van der Waals surface area contributed by atoms with E-state index in [2.05, 4.69) is 21.2 Å². The van der Waals surface area contributed by atoms with Gasteiger partial charge in [0.1, 0.15) is 0 Å². The van der Waals surface area contributed by atoms with Gasteiger partial charge in [-0.1, -0.05) is 0 Å². The number of hydrogen-bond donors (Lipinski definition) is 2. The maximum absolute atomic E-state index is 12.1. The number of anilines is 2. The average Bonchev–Trinajstić information content (AvgIpc) is 2.39. The van der Waals surface area contributed by atoms with Crippen molar-refractivity contribution in [3.63, 3.8) is 0 Å². The summed E-state index contributed by atoms with van der Waals surface area (Å²) in [5, 5.41) is 2.73. The second kappa shape index (κ2) is 5.50. The summed E-state index contributed by atoms with van der Waals surface area (Å²) in [6.07, 6.45) is 1.55. The van der Waals surface area contributed by atoms with E-state index in [0.29, 0.717) is 16.9 Å². The number of aromatic nitrogens is 1. The van der Waals surface area contributed by atoms with E-state index in [1.807, 2.05) is 13.0 Å². The molecule has 1 aromatic heterocycles. The molecule has 0 atom stereocenters. The Balaban J connectivity index is 2.30. The summed E-state index contributed by atoms with van der Waals surface area (Å²) < 4.78 is 2.14. The molecule has 0 fully saturated rings. The number of hydrogen-bond acceptors (Lipinski definition) is 3. The minimum atomic E-state index is -0.355. The fourth-order valence-electron chi connectivity index (χ4n) is 1.67. The summed E-state index contributed by atoms with van der Waals surface area (Å²) in [5.41, 5.74) is 7.97. The van der Waals surface area contributed by atoms with Gasteiger partial charge in [0.2, 0.25) is 0 Å². The maximum Gasteiger partial charge on any atom is 0.255 e. The molecule has 0 radical (unpaired) electrons. The monoisotopic (exact) mass is 335 g/mol. The molecule has 1 aromatic carbocycles. The van der Waals surface area contributed by atoms with Crippen molar-refractivity contribution in [2.24, 2.45) is 7.05 Å². The van der Waals surface area contributed by atoms with Crippen LogP contribution >= 0.6 is 15.9 Å². The highest BCUT2D eigenvalue weighted by Crippen LogP contribution is 2.28. The second-order valence-electron chi connectivity index (χ2n) is 4.51. The normalized spacial score (nSPS) is 10.3. The standard InChI is InChI=1S/C14H14BrN3O2/c1-8-5-10(15)12(7-11(8)16)17-14(20)9-3-4-18(2)13(19)6-9/h3-7H,16H2,1-2H3,(H,17,20). The predicted octanol–water partition coefficient (Wildman–Crippen LogP) is 2.29. The summed E-state index contributed by atoms with van der Waals surface area (Å²) in [6.45, 7) is 1.88. The first-order valence-electron chi connectivity index (χ1n) is 5.92. The van der Waals surface area contributed by atoms with E-state index in [1.54, 1.807) is 25.4 Å². The predicted molar refractivity (Wildman–Crippen MR) is 82.9 cm³/mol. The van der Waals surface area contributed by atoms with Crippen molar-refractivity contribution in [2.45, 2.75) is 6.92 Å². The molecule has 0 saturated carbocycles. The molecule has 0 spiro atoms. The topological polar surface area (TPSA) is 77.1 Å². The van der Waals surface area contributed by atoms with Gasteiger partial charge >= 0.3 is 0 Å². The van der Waals surface area contributed by atoms with Crippen LogP contribution in [0.15, 0.2) is 39.7 Å². The van der Waals surface area contributed by atoms with Gasteiger partial charge < -0.3 is 15.6 Å². The van der Waals surface area contributed by atoms with E-state index < -0.39 is 0 Å². The van der Waals surface area contributed by atoms with E-state index in [9.17, 15) is 9.59 Å². The van der Waals surface area contributed by atoms with Crippen LogP contribution in [0.25, 0.3) is 0 Å². The molecule has 20 heavy (non-hydrogen) atoms. The molecule has 3 N–H and O–H groups in total. The Morgan fingerprint density at radius 2 is 2.05 bits per heavy atom. The molecule has 1 amide bonds. The first-order valence-corrected chi connectivity index (χ1v) is 6.71. The number of amides is 1. The molecule has 6 heteroatoms. The van der Waals surface area contributed by atoms with Crippen LogP contribution < -0.4 is 16.6 Å². The van der Waals surface area contributed by atoms with Crippen molar-refractivity contribution < 1.29 is 4.79 Å². The lowest BCUT2D eigenvalue weighted by molar-refractivity contribution is 0.102. The third-order valence-corrected chi connectivity index (χ3v) is 3.63. The van der Waals surface area contributed by atoms with E-state index in [1.165, 1.54) is 10.6 Å². The van der Waals surface area contributed by atoms with Crippen molar-refractivity contribution in [3.8, 4) is 0 Å². The van der Waals surface area contributed by atoms with Crippen LogP contribution in [0.4, 0.5) is 11.4 Å². The molecule has 0 aliphatic rings. The van der Waals surface area contributed by atoms with Gasteiger partial charge in [-0.3, -0.25) is 9.59 Å². The molecule has 0 saturated heterocycles. The van der Waals surface area contributed by atoms with Crippen LogP contribution in [0.2, 0.25) is 0 Å². The number of carbonyl (C=O) groups excluding carboxylic acids is 1. The van der Waals surface area contributed by atoms with Crippen LogP contribution in [0.3, 0.4) is 0 Å². The molecule has 0 aliphatic carbocycles. The zero-order valence-electron chi connectivity index (χ0n) is 11.1. The van der Waals surface area contributed by atoms with Crippen molar-refractivity contribution in [2.75, 3.05) is 11.1 Å². The van der Waals surface area contributed by atoms with Crippen LogP contribution in [0.1, 0.15) is 15.9 Å². The van der Waals surface area contributed by atoms with Gasteiger partial charge in [0.15, 0.2) is 0 Å². The molecule has 104 valence electrons. The summed E-state index contributed by atoms with van der Waals surface area (Å²) in [4.78, 5) is 23.6. The Bertz CT molecular complexity index is 738. The molecule has 5 nitrogen and oxygen atoms in total. The lowest BCUT2D eigenvalue weighted by Gasteiger charge is -2.10. The highest BCUT2D eigenvalue weighted by Gasteiger charge is 2.10. The van der Waals surface area contributed by atoms with Gasteiger partial charge in [0.25, 0.3) is 11.5 Å². The van der Waals surface area contributed by atoms with E-state index >= 15 is 0 Å². The largest absolute Gasteiger partial charge is 0.398 e. The van der Waals surface area contributed by atoms with Crippen LogP contribution in [0.5, 0.6) is 0 Å². The highest BCUT2D eigenvalue weighted by atomic mass is 79.9. The smallest absolute Gasteiger partial charge is 0.255 e. The Morgan fingerprint density at radius 1 is 1.35 bits per heavy atom. The Morgan fingerprint density at radius 3 is 2.70 bits per heavy atom. The van der Waals surface area contributed by atoms with Crippen molar-refractivity contribution >= 4 is 33.2 Å². The Hall–Kier alpha value is -2.08. The number of nitrogens with zero attached hydrogens (tertiary/aromatic N) is 1. The van der Waals surface area contributed by atoms with Gasteiger partial charge in [-0.15, -0.1) is 0 Å². The van der Waals surface area contributed by atoms with Gasteiger partial charge in [-0.05, 0) is 46.6 Å². The highest BCUT2D eigenvalue weighted by molar-refractivity contribution is 9.10. The SMILES string of the molecule is Cc1cc(Br)c(NC(=O)c2ccn(C)c(=O)c2)cc1N. The van der Waals surface area contributed by atoms with Gasteiger partial charge in [0, 0.05) is 35.0 Å². The lowest BCUT2D eigenvalue weighted by atomic mass is 10.1. The number of nitrogens with one attached hydrogen (secondary N) is 1. The number of rotatable bonds is 2. The number of pyridine rings is 1. The summed E-state index contributed by atoms with van der Waals surface area (Å²) in [7, 11) is 1.63. The molecule has 0 unspecified atom stereocenters. The van der Waals surface area contributed by atoms with Crippen LogP contribution in [-0.4, -0.2) is 10.5 Å². The summed E-state index contributed by atoms with van der Waals surface area (Å²) in [5.74, 6) is -0.355. The first-order chi connectivity index (χ1) is 9.38. The molecule has 2 rings (SSSR count). The number of nitrogens with two attached hydrogens (primary N) is 1. The number of carbonyl (C=O) groups is 1. The van der Waals surface area contributed by atoms with Crippen molar-refractivity contribution in [3.05, 3.63) is 56.4 Å². The summed E-state index contributed by atoms with van der Waals surface area (Å²) >= 11 is 3.37. The third-order valence-electron chi connectivity index (χ3n) is 2.97. The lowest BCUT2D eigenvalue weighted by Crippen LogP contribution is -2.20. The zero-order valence-corrected chi connectivity index (χ0v) is 12.7. The minimum Gasteiger partial charge on any atom is -0.398 e. The van der Waals surface area contributed by atoms with Gasteiger partial charge in [-0.2, -0.15) is 0 Å². The van der Waals surface area contributed by atoms with Crippen molar-refractivity contribution in [1.29, 1.82) is 0 Å². The molecule has 0 aliphatic heterocycles. The van der Waals surface area contributed by atoms with Gasteiger partial charge in [-0.25, -0.2) is 0 Å². The van der Waals surface area contributed by atoms with E-state index in [0.717, 1.165) is 10.0 Å². The van der Waals surface area contributed by atoms with Crippen LogP contribution in [0, 0.1) is 6.92 Å². The number of nitrogen functional groups attached to an aromatic ring is 1. The number of benzene rings is 1. The van der Waals surface area contributed by atoms with Gasteiger partial charge in [0.05, 0.1) is 5.69 Å². The molecule has 2 aromatic rings. The van der Waals surface area contributed by atoms with E-state index in [-0.39, 0.29) is 11.5 Å². The van der Waals surface area contributed by atoms with E-state index in [4.69, 9.17) is 5.73 Å². The number of halogens is 1. The van der Waals surface area contributed by atoms with Crippen LogP contribution in [-0.2, 0) is 7.05 Å². The van der Waals surface area contributed by atoms with Crippen molar-refractivity contribution in [1.82, 2.24) is 4.57 Å². The Kier molecular flexibility index (Phi) is 3.94. The second-order valence-corrected chi connectivity index (χ2v) is 5.36. The average molecular weight is 336 g/mol. The molecule has 0 bridgehead atoms. The quantitative estimate of drug-likeness (QED) is 0.826. The Labute approximate surface area is 124 Å². The minimum absolute atomic E-state index is 0.236. The fourth-order valence-corrected chi connectivity index (χ4v) is 2.23. The third kappa shape index (κ3) is 2.91. The first kappa shape index (κ1) is 14.3.